The Hall–Kier alpha value is -1.75. The Morgan fingerprint density at radius 1 is 1.38 bits per heavy atom. The maximum Gasteiger partial charge on any atom is 0.182 e. The van der Waals surface area contributed by atoms with Crippen molar-refractivity contribution in [3.63, 3.8) is 0 Å². The van der Waals surface area contributed by atoms with Crippen molar-refractivity contribution in [3.05, 3.63) is 30.2 Å². The van der Waals surface area contributed by atoms with Crippen LogP contribution in [0.3, 0.4) is 0 Å². The summed E-state index contributed by atoms with van der Waals surface area (Å²) in [7, 11) is 0. The fourth-order valence-electron chi connectivity index (χ4n) is 2.06. The van der Waals surface area contributed by atoms with Gasteiger partial charge in [-0.2, -0.15) is 0 Å². The molecule has 2 aromatic heterocycles. The maximum atomic E-state index is 4.32. The molecule has 0 radical (unpaired) electrons. The Morgan fingerprint density at radius 2 is 2.31 bits per heavy atom. The Bertz CT molecular complexity index is 490. The van der Waals surface area contributed by atoms with Gasteiger partial charge in [-0.05, 0) is 19.1 Å². The Balaban J connectivity index is 2.13. The Kier molecular flexibility index (Phi) is 2.18. The van der Waals surface area contributed by atoms with Crippen LogP contribution in [0.25, 0.3) is 11.5 Å². The van der Waals surface area contributed by atoms with Gasteiger partial charge in [0.05, 0.1) is 6.54 Å². The average molecular weight is 215 g/mol. The molecule has 82 valence electrons. The predicted molar refractivity (Wildman–Crippen MR) is 59.7 cm³/mol. The smallest absolute Gasteiger partial charge is 0.182 e. The van der Waals surface area contributed by atoms with Gasteiger partial charge in [0.2, 0.25) is 0 Å². The molecular formula is C11H13N5. The summed E-state index contributed by atoms with van der Waals surface area (Å²) in [6.07, 6.45) is 1.78. The van der Waals surface area contributed by atoms with E-state index in [9.17, 15) is 0 Å². The van der Waals surface area contributed by atoms with E-state index in [1.807, 2.05) is 18.2 Å². The van der Waals surface area contributed by atoms with Gasteiger partial charge in [-0.1, -0.05) is 6.07 Å². The molecule has 1 aliphatic rings. The number of nitrogens with one attached hydrogen (secondary N) is 1. The van der Waals surface area contributed by atoms with E-state index in [-0.39, 0.29) is 0 Å². The van der Waals surface area contributed by atoms with Crippen molar-refractivity contribution in [2.75, 3.05) is 6.54 Å². The summed E-state index contributed by atoms with van der Waals surface area (Å²) >= 11 is 0. The zero-order valence-electron chi connectivity index (χ0n) is 9.09. The Morgan fingerprint density at radius 3 is 3.12 bits per heavy atom. The fraction of sp³-hybridized carbons (Fsp3) is 0.364. The molecule has 0 saturated heterocycles. The van der Waals surface area contributed by atoms with Crippen LogP contribution in [0.1, 0.15) is 18.8 Å². The minimum Gasteiger partial charge on any atom is -0.308 e. The number of hydrogen-bond acceptors (Lipinski definition) is 4. The third-order valence-electron chi connectivity index (χ3n) is 2.82. The molecule has 0 bridgehead atoms. The molecule has 0 aromatic carbocycles. The van der Waals surface area contributed by atoms with E-state index in [4.69, 9.17) is 0 Å². The van der Waals surface area contributed by atoms with Gasteiger partial charge in [0.15, 0.2) is 5.82 Å². The molecule has 0 amide bonds. The summed E-state index contributed by atoms with van der Waals surface area (Å²) in [6, 6.07) is 6.21. The first kappa shape index (κ1) is 9.47. The molecule has 5 nitrogen and oxygen atoms in total. The van der Waals surface area contributed by atoms with Crippen LogP contribution in [0.15, 0.2) is 24.4 Å². The first-order chi connectivity index (χ1) is 7.86. The van der Waals surface area contributed by atoms with Crippen LogP contribution in [0.2, 0.25) is 0 Å². The highest BCUT2D eigenvalue weighted by molar-refractivity contribution is 5.49. The van der Waals surface area contributed by atoms with Gasteiger partial charge in [0.25, 0.3) is 0 Å². The van der Waals surface area contributed by atoms with Crippen LogP contribution in [-0.4, -0.2) is 26.3 Å². The van der Waals surface area contributed by atoms with Crippen LogP contribution in [0.4, 0.5) is 0 Å². The molecule has 1 N–H and O–H groups in total. The molecule has 0 spiro atoms. The molecule has 0 aliphatic carbocycles. The minimum absolute atomic E-state index is 0.371. The summed E-state index contributed by atoms with van der Waals surface area (Å²) in [4.78, 5) is 4.32. The minimum atomic E-state index is 0.371. The van der Waals surface area contributed by atoms with Gasteiger partial charge in [-0.25, -0.2) is 0 Å². The van der Waals surface area contributed by atoms with Crippen LogP contribution in [0.5, 0.6) is 0 Å². The second kappa shape index (κ2) is 3.68. The van der Waals surface area contributed by atoms with E-state index in [1.165, 1.54) is 0 Å². The van der Waals surface area contributed by atoms with Crippen molar-refractivity contribution >= 4 is 0 Å². The molecule has 16 heavy (non-hydrogen) atoms. The van der Waals surface area contributed by atoms with Crippen LogP contribution in [0, 0.1) is 0 Å². The SMILES string of the molecule is CC1CNCc2nnc(-c3ccccn3)n21. The second-order valence-electron chi connectivity index (χ2n) is 4.00. The van der Waals surface area contributed by atoms with Crippen molar-refractivity contribution in [3.8, 4) is 11.5 Å². The number of rotatable bonds is 1. The third kappa shape index (κ3) is 1.40. The monoisotopic (exact) mass is 215 g/mol. The van der Waals surface area contributed by atoms with Crippen molar-refractivity contribution in [2.45, 2.75) is 19.5 Å². The molecule has 3 heterocycles. The molecule has 1 unspecified atom stereocenters. The third-order valence-corrected chi connectivity index (χ3v) is 2.82. The number of nitrogens with zero attached hydrogens (tertiary/aromatic N) is 4. The van der Waals surface area contributed by atoms with Crippen molar-refractivity contribution in [1.29, 1.82) is 0 Å². The molecule has 1 aliphatic heterocycles. The summed E-state index contributed by atoms with van der Waals surface area (Å²) in [6.45, 7) is 3.89. The lowest BCUT2D eigenvalue weighted by Gasteiger charge is -2.23. The average Bonchev–Trinajstić information content (AvgIpc) is 2.75. The number of fused-ring (bicyclic) bond motifs is 1. The normalized spacial score (nSPS) is 19.4. The molecule has 1 atom stereocenters. The van der Waals surface area contributed by atoms with Crippen molar-refractivity contribution in [2.24, 2.45) is 0 Å². The van der Waals surface area contributed by atoms with Gasteiger partial charge in [0.1, 0.15) is 11.5 Å². The van der Waals surface area contributed by atoms with E-state index in [0.29, 0.717) is 6.04 Å². The van der Waals surface area contributed by atoms with E-state index in [0.717, 1.165) is 30.4 Å². The lowest BCUT2D eigenvalue weighted by atomic mass is 10.2. The van der Waals surface area contributed by atoms with Crippen LogP contribution in [-0.2, 0) is 6.54 Å². The lowest BCUT2D eigenvalue weighted by Crippen LogP contribution is -2.32. The number of aromatic nitrogens is 4. The lowest BCUT2D eigenvalue weighted by molar-refractivity contribution is 0.424. The summed E-state index contributed by atoms with van der Waals surface area (Å²) in [5.41, 5.74) is 0.884. The van der Waals surface area contributed by atoms with Gasteiger partial charge < -0.3 is 9.88 Å². The van der Waals surface area contributed by atoms with E-state index < -0.39 is 0 Å². The highest BCUT2D eigenvalue weighted by Crippen LogP contribution is 2.22. The van der Waals surface area contributed by atoms with E-state index in [1.54, 1.807) is 6.20 Å². The first-order valence-electron chi connectivity index (χ1n) is 5.42. The second-order valence-corrected chi connectivity index (χ2v) is 4.00. The fourth-order valence-corrected chi connectivity index (χ4v) is 2.06. The topological polar surface area (TPSA) is 55.6 Å². The Labute approximate surface area is 93.5 Å². The zero-order valence-corrected chi connectivity index (χ0v) is 9.09. The molecule has 0 saturated carbocycles. The summed E-state index contributed by atoms with van der Waals surface area (Å²) in [5, 5.41) is 11.7. The largest absolute Gasteiger partial charge is 0.308 e. The van der Waals surface area contributed by atoms with Gasteiger partial charge >= 0.3 is 0 Å². The molecule has 0 fully saturated rings. The molecule has 2 aromatic rings. The molecule has 5 heteroatoms. The first-order valence-corrected chi connectivity index (χ1v) is 5.42. The van der Waals surface area contributed by atoms with E-state index in [2.05, 4.69) is 32.0 Å². The van der Waals surface area contributed by atoms with Gasteiger partial charge in [-0.3, -0.25) is 4.98 Å². The van der Waals surface area contributed by atoms with Gasteiger partial charge in [0, 0.05) is 18.8 Å². The maximum absolute atomic E-state index is 4.32. The number of pyridine rings is 1. The van der Waals surface area contributed by atoms with Crippen LogP contribution < -0.4 is 5.32 Å². The summed E-state index contributed by atoms with van der Waals surface area (Å²) in [5.74, 6) is 1.85. The van der Waals surface area contributed by atoms with Gasteiger partial charge in [-0.15, -0.1) is 10.2 Å². The zero-order chi connectivity index (χ0) is 11.0. The number of hydrogen-bond donors (Lipinski definition) is 1. The molecule has 3 rings (SSSR count). The van der Waals surface area contributed by atoms with Crippen LogP contribution >= 0.6 is 0 Å². The quantitative estimate of drug-likeness (QED) is 0.771. The summed E-state index contributed by atoms with van der Waals surface area (Å²) < 4.78 is 2.17. The van der Waals surface area contributed by atoms with Crippen molar-refractivity contribution in [1.82, 2.24) is 25.1 Å². The van der Waals surface area contributed by atoms with Crippen molar-refractivity contribution < 1.29 is 0 Å². The standard InChI is InChI=1S/C11H13N5/c1-8-6-12-7-10-14-15-11(16(8)10)9-4-2-3-5-13-9/h2-5,8,12H,6-7H2,1H3. The molecular weight excluding hydrogens is 202 g/mol. The highest BCUT2D eigenvalue weighted by Gasteiger charge is 2.22. The predicted octanol–water partition coefficient (Wildman–Crippen LogP) is 1.00. The van der Waals surface area contributed by atoms with E-state index >= 15 is 0 Å². The highest BCUT2D eigenvalue weighted by atomic mass is 15.3.